The van der Waals surface area contributed by atoms with Crippen molar-refractivity contribution in [3.63, 3.8) is 0 Å². The van der Waals surface area contributed by atoms with Crippen molar-refractivity contribution >= 4 is 17.7 Å². The molecule has 1 aromatic rings. The number of phenols is 2. The molecule has 4 nitrogen and oxygen atoms in total. The lowest BCUT2D eigenvalue weighted by Crippen LogP contribution is -2.24. The number of rotatable bonds is 7. The van der Waals surface area contributed by atoms with Crippen molar-refractivity contribution in [3.8, 4) is 11.5 Å². The molecule has 5 heteroatoms. The average Bonchev–Trinajstić information content (AvgIpc) is 2.32. The standard InChI is InChI=1S/C13H19NO3S/c1-18-6-4-2-3-5-14-13(17)10-7-11(15)9-12(16)8-10/h7-9,15-16H,2-6H2,1H3,(H,14,17). The van der Waals surface area contributed by atoms with Crippen molar-refractivity contribution in [2.45, 2.75) is 19.3 Å². The summed E-state index contributed by atoms with van der Waals surface area (Å²) in [7, 11) is 0. The first kappa shape index (κ1) is 14.7. The number of phenolic OH excluding ortho intramolecular Hbond substituents is 2. The van der Waals surface area contributed by atoms with E-state index in [2.05, 4.69) is 11.6 Å². The number of unbranched alkanes of at least 4 members (excludes halogenated alkanes) is 2. The summed E-state index contributed by atoms with van der Waals surface area (Å²) in [4.78, 5) is 11.7. The van der Waals surface area contributed by atoms with Crippen LogP contribution in [-0.2, 0) is 0 Å². The number of thioether (sulfide) groups is 1. The number of carbonyl (C=O) groups excluding carboxylic acids is 1. The van der Waals surface area contributed by atoms with Crippen LogP contribution in [0.1, 0.15) is 29.6 Å². The molecule has 0 saturated carbocycles. The van der Waals surface area contributed by atoms with Gasteiger partial charge < -0.3 is 15.5 Å². The molecular formula is C13H19NO3S. The monoisotopic (exact) mass is 269 g/mol. The number of benzene rings is 1. The molecule has 0 unspecified atom stereocenters. The average molecular weight is 269 g/mol. The van der Waals surface area contributed by atoms with Crippen LogP contribution in [0, 0.1) is 0 Å². The van der Waals surface area contributed by atoms with Crippen molar-refractivity contribution < 1.29 is 15.0 Å². The van der Waals surface area contributed by atoms with Crippen molar-refractivity contribution in [2.75, 3.05) is 18.6 Å². The SMILES string of the molecule is CSCCCCCNC(=O)c1cc(O)cc(O)c1. The molecule has 1 amide bonds. The van der Waals surface area contributed by atoms with Gasteiger partial charge in [-0.3, -0.25) is 4.79 Å². The Hall–Kier alpha value is -1.36. The van der Waals surface area contributed by atoms with E-state index in [4.69, 9.17) is 0 Å². The second-order valence-electron chi connectivity index (χ2n) is 4.05. The third-order valence-corrected chi connectivity index (χ3v) is 3.17. The molecule has 3 N–H and O–H groups in total. The topological polar surface area (TPSA) is 69.6 Å². The predicted molar refractivity (Wildman–Crippen MR) is 74.3 cm³/mol. The van der Waals surface area contributed by atoms with E-state index >= 15 is 0 Å². The molecule has 0 fully saturated rings. The molecule has 0 radical (unpaired) electrons. The summed E-state index contributed by atoms with van der Waals surface area (Å²) < 4.78 is 0. The van der Waals surface area contributed by atoms with Gasteiger partial charge in [-0.25, -0.2) is 0 Å². The number of amides is 1. The molecule has 0 saturated heterocycles. The Morgan fingerprint density at radius 2 is 1.83 bits per heavy atom. The molecule has 0 bridgehead atoms. The van der Waals surface area contributed by atoms with Crippen LogP contribution in [0.15, 0.2) is 18.2 Å². The molecule has 0 aliphatic carbocycles. The molecule has 0 aliphatic rings. The van der Waals surface area contributed by atoms with Crippen molar-refractivity contribution in [2.24, 2.45) is 0 Å². The number of nitrogens with one attached hydrogen (secondary N) is 1. The quantitative estimate of drug-likeness (QED) is 0.665. The minimum absolute atomic E-state index is 0.111. The van der Waals surface area contributed by atoms with Crippen molar-refractivity contribution in [1.29, 1.82) is 0 Å². The highest BCUT2D eigenvalue weighted by Gasteiger charge is 2.07. The third-order valence-electron chi connectivity index (χ3n) is 2.48. The van der Waals surface area contributed by atoms with Crippen LogP contribution >= 0.6 is 11.8 Å². The Balaban J connectivity index is 2.32. The number of hydrogen-bond donors (Lipinski definition) is 3. The van der Waals surface area contributed by atoms with Gasteiger partial charge in [-0.15, -0.1) is 0 Å². The summed E-state index contributed by atoms with van der Waals surface area (Å²) in [5.41, 5.74) is 0.275. The van der Waals surface area contributed by atoms with Crippen LogP contribution in [0.2, 0.25) is 0 Å². The Morgan fingerprint density at radius 1 is 1.17 bits per heavy atom. The Morgan fingerprint density at radius 3 is 2.44 bits per heavy atom. The van der Waals surface area contributed by atoms with Crippen molar-refractivity contribution in [1.82, 2.24) is 5.32 Å². The van der Waals surface area contributed by atoms with Gasteiger partial charge in [0.2, 0.25) is 0 Å². The fraction of sp³-hybridized carbons (Fsp3) is 0.462. The fourth-order valence-corrected chi connectivity index (χ4v) is 2.07. The molecule has 0 spiro atoms. The Bertz CT molecular complexity index is 376. The van der Waals surface area contributed by atoms with Gasteiger partial charge in [-0.05, 0) is 37.0 Å². The lowest BCUT2D eigenvalue weighted by atomic mass is 10.2. The van der Waals surface area contributed by atoms with Crippen LogP contribution in [0.5, 0.6) is 11.5 Å². The van der Waals surface area contributed by atoms with E-state index in [1.807, 2.05) is 11.8 Å². The molecule has 1 rings (SSSR count). The van der Waals surface area contributed by atoms with Crippen molar-refractivity contribution in [3.05, 3.63) is 23.8 Å². The first-order valence-electron chi connectivity index (χ1n) is 5.93. The minimum atomic E-state index is -0.272. The van der Waals surface area contributed by atoms with Crippen LogP contribution in [0.25, 0.3) is 0 Å². The molecule has 0 aromatic heterocycles. The molecule has 0 heterocycles. The summed E-state index contributed by atoms with van der Waals surface area (Å²) in [6.45, 7) is 0.615. The lowest BCUT2D eigenvalue weighted by molar-refractivity contribution is 0.0952. The van der Waals surface area contributed by atoms with Crippen LogP contribution < -0.4 is 5.32 Å². The van der Waals surface area contributed by atoms with Gasteiger partial charge in [0.15, 0.2) is 0 Å². The highest BCUT2D eigenvalue weighted by molar-refractivity contribution is 7.98. The predicted octanol–water partition coefficient (Wildman–Crippen LogP) is 2.36. The summed E-state index contributed by atoms with van der Waals surface area (Å²) in [6, 6.07) is 3.87. The van der Waals surface area contributed by atoms with E-state index in [9.17, 15) is 15.0 Å². The second kappa shape index (κ2) is 7.87. The number of aromatic hydroxyl groups is 2. The molecule has 0 aliphatic heterocycles. The van der Waals surface area contributed by atoms with Gasteiger partial charge in [0.1, 0.15) is 11.5 Å². The largest absolute Gasteiger partial charge is 0.508 e. The summed E-state index contributed by atoms with van der Waals surface area (Å²) in [6.07, 6.45) is 5.27. The highest BCUT2D eigenvalue weighted by atomic mass is 32.2. The van der Waals surface area contributed by atoms with Gasteiger partial charge >= 0.3 is 0 Å². The Kier molecular flexibility index (Phi) is 6.43. The summed E-state index contributed by atoms with van der Waals surface area (Å²) in [5.74, 6) is 0.653. The molecule has 1 aromatic carbocycles. The van der Waals surface area contributed by atoms with Crippen LogP contribution in [0.3, 0.4) is 0 Å². The molecular weight excluding hydrogens is 250 g/mol. The van der Waals surface area contributed by atoms with Gasteiger partial charge in [0, 0.05) is 18.2 Å². The normalized spacial score (nSPS) is 10.3. The zero-order valence-corrected chi connectivity index (χ0v) is 11.3. The molecule has 18 heavy (non-hydrogen) atoms. The third kappa shape index (κ3) is 5.31. The maximum Gasteiger partial charge on any atom is 0.251 e. The number of hydrogen-bond acceptors (Lipinski definition) is 4. The van der Waals surface area contributed by atoms with Crippen LogP contribution in [0.4, 0.5) is 0 Å². The fourth-order valence-electron chi connectivity index (χ4n) is 1.58. The summed E-state index contributed by atoms with van der Waals surface area (Å²) in [5, 5.41) is 21.3. The van der Waals surface area contributed by atoms with E-state index in [0.717, 1.165) is 25.0 Å². The highest BCUT2D eigenvalue weighted by Crippen LogP contribution is 2.20. The van der Waals surface area contributed by atoms with Gasteiger partial charge in [0.25, 0.3) is 5.91 Å². The van der Waals surface area contributed by atoms with Gasteiger partial charge in [0.05, 0.1) is 0 Å². The first-order valence-corrected chi connectivity index (χ1v) is 7.33. The molecule has 100 valence electrons. The Labute approximate surface area is 111 Å². The molecule has 0 atom stereocenters. The van der Waals surface area contributed by atoms with Gasteiger partial charge in [-0.2, -0.15) is 11.8 Å². The van der Waals surface area contributed by atoms with Crippen LogP contribution in [-0.4, -0.2) is 34.7 Å². The first-order chi connectivity index (χ1) is 8.63. The maximum atomic E-state index is 11.7. The number of carbonyl (C=O) groups is 1. The summed E-state index contributed by atoms with van der Waals surface area (Å²) >= 11 is 1.82. The zero-order chi connectivity index (χ0) is 13.4. The zero-order valence-electron chi connectivity index (χ0n) is 10.5. The maximum absolute atomic E-state index is 11.7. The van der Waals surface area contributed by atoms with E-state index in [-0.39, 0.29) is 23.0 Å². The second-order valence-corrected chi connectivity index (χ2v) is 5.03. The lowest BCUT2D eigenvalue weighted by Gasteiger charge is -2.06. The van der Waals surface area contributed by atoms with E-state index in [0.29, 0.717) is 6.54 Å². The van der Waals surface area contributed by atoms with E-state index in [1.54, 1.807) is 0 Å². The van der Waals surface area contributed by atoms with E-state index in [1.165, 1.54) is 18.2 Å². The minimum Gasteiger partial charge on any atom is -0.508 e. The van der Waals surface area contributed by atoms with Gasteiger partial charge in [-0.1, -0.05) is 6.42 Å². The smallest absolute Gasteiger partial charge is 0.251 e. The van der Waals surface area contributed by atoms with E-state index < -0.39 is 0 Å².